The first-order valence-electron chi connectivity index (χ1n) is 7.09. The molecule has 0 aromatic heterocycles. The van der Waals surface area contributed by atoms with Crippen molar-refractivity contribution in [3.63, 3.8) is 0 Å². The zero-order valence-corrected chi connectivity index (χ0v) is 14.2. The van der Waals surface area contributed by atoms with Gasteiger partial charge in [-0.2, -0.15) is 5.26 Å². The van der Waals surface area contributed by atoms with Gasteiger partial charge in [0, 0.05) is 11.3 Å². The smallest absolute Gasteiger partial charge is 0.266 e. The van der Waals surface area contributed by atoms with Crippen LogP contribution in [0.4, 0.5) is 10.1 Å². The molecule has 1 N–H and O–H groups in total. The maximum Gasteiger partial charge on any atom is 0.266 e. The second kappa shape index (κ2) is 8.18. The monoisotopic (exact) mass is 360 g/mol. The molecule has 2 aromatic carbocycles. The fourth-order valence-electron chi connectivity index (χ4n) is 2.10. The van der Waals surface area contributed by atoms with Crippen LogP contribution in [0.1, 0.15) is 5.56 Å². The van der Waals surface area contributed by atoms with Crippen LogP contribution < -0.4 is 14.8 Å². The Bertz CT molecular complexity index is 875. The van der Waals surface area contributed by atoms with Crippen molar-refractivity contribution in [1.29, 1.82) is 5.26 Å². The van der Waals surface area contributed by atoms with Crippen LogP contribution in [0.25, 0.3) is 6.08 Å². The normalized spacial score (nSPS) is 10.8. The lowest BCUT2D eigenvalue weighted by molar-refractivity contribution is -0.112. The summed E-state index contributed by atoms with van der Waals surface area (Å²) in [5.74, 6) is -0.387. The van der Waals surface area contributed by atoms with Gasteiger partial charge in [0.05, 0.1) is 19.2 Å². The Morgan fingerprint density at radius 3 is 2.64 bits per heavy atom. The van der Waals surface area contributed by atoms with Gasteiger partial charge in [0.2, 0.25) is 0 Å². The quantitative estimate of drug-likeness (QED) is 0.645. The third-order valence-electron chi connectivity index (χ3n) is 3.28. The number of nitriles is 1. The number of anilines is 1. The summed E-state index contributed by atoms with van der Waals surface area (Å²) in [6.07, 6.45) is 1.38. The number of ether oxygens (including phenoxy) is 2. The minimum Gasteiger partial charge on any atom is -0.493 e. The van der Waals surface area contributed by atoms with Crippen LogP contribution in [0.2, 0.25) is 5.02 Å². The molecule has 0 fully saturated rings. The van der Waals surface area contributed by atoms with Crippen LogP contribution >= 0.6 is 11.6 Å². The minimum atomic E-state index is -0.657. The van der Waals surface area contributed by atoms with Gasteiger partial charge in [0.15, 0.2) is 11.5 Å². The summed E-state index contributed by atoms with van der Waals surface area (Å²) in [5.41, 5.74) is 0.618. The summed E-state index contributed by atoms with van der Waals surface area (Å²) in [5, 5.41) is 11.7. The van der Waals surface area contributed by atoms with E-state index in [4.69, 9.17) is 21.1 Å². The molecule has 1 amide bonds. The molecular weight excluding hydrogens is 347 g/mol. The maximum atomic E-state index is 13.2. The predicted molar refractivity (Wildman–Crippen MR) is 93.2 cm³/mol. The van der Waals surface area contributed by atoms with E-state index in [1.165, 1.54) is 32.4 Å². The molecule has 128 valence electrons. The molecule has 7 heteroatoms. The van der Waals surface area contributed by atoms with Crippen molar-refractivity contribution in [1.82, 2.24) is 0 Å². The van der Waals surface area contributed by atoms with Crippen molar-refractivity contribution in [2.24, 2.45) is 0 Å². The first-order chi connectivity index (χ1) is 12.0. The Morgan fingerprint density at radius 2 is 2.04 bits per heavy atom. The lowest BCUT2D eigenvalue weighted by Crippen LogP contribution is -2.13. The highest BCUT2D eigenvalue weighted by atomic mass is 35.5. The number of halogens is 2. The standard InChI is InChI=1S/C18H14ClFN2O3/c1-24-16-5-3-4-11(17(16)25-2)8-12(10-21)18(23)22-13-6-7-15(20)14(19)9-13/h3-9H,1-2H3,(H,22,23)/b12-8+. The van der Waals surface area contributed by atoms with Gasteiger partial charge in [-0.15, -0.1) is 0 Å². The van der Waals surface area contributed by atoms with Crippen molar-refractivity contribution < 1.29 is 18.7 Å². The molecule has 0 saturated heterocycles. The summed E-state index contributed by atoms with van der Waals surface area (Å²) in [7, 11) is 2.95. The Hall–Kier alpha value is -3.04. The summed E-state index contributed by atoms with van der Waals surface area (Å²) < 4.78 is 23.6. The Labute approximate surface area is 149 Å². The summed E-state index contributed by atoms with van der Waals surface area (Å²) >= 11 is 5.68. The van der Waals surface area contributed by atoms with E-state index in [-0.39, 0.29) is 16.3 Å². The van der Waals surface area contributed by atoms with Crippen LogP contribution in [0.15, 0.2) is 42.0 Å². The van der Waals surface area contributed by atoms with Crippen molar-refractivity contribution in [3.05, 3.63) is 58.4 Å². The number of benzene rings is 2. The second-order valence-corrected chi connectivity index (χ2v) is 5.24. The van der Waals surface area contributed by atoms with Crippen molar-refractivity contribution in [3.8, 4) is 17.6 Å². The molecule has 0 aliphatic carbocycles. The number of nitrogens with zero attached hydrogens (tertiary/aromatic N) is 1. The largest absolute Gasteiger partial charge is 0.493 e. The fourth-order valence-corrected chi connectivity index (χ4v) is 2.28. The van der Waals surface area contributed by atoms with Gasteiger partial charge in [0.25, 0.3) is 5.91 Å². The van der Waals surface area contributed by atoms with Gasteiger partial charge in [-0.3, -0.25) is 4.79 Å². The number of methoxy groups -OCH3 is 2. The van der Waals surface area contributed by atoms with E-state index >= 15 is 0 Å². The first-order valence-corrected chi connectivity index (χ1v) is 7.47. The highest BCUT2D eigenvalue weighted by Gasteiger charge is 2.14. The molecule has 2 aromatic rings. The van der Waals surface area contributed by atoms with Crippen molar-refractivity contribution in [2.75, 3.05) is 19.5 Å². The number of nitrogens with one attached hydrogen (secondary N) is 1. The number of amides is 1. The van der Waals surface area contributed by atoms with Crippen LogP contribution in [-0.4, -0.2) is 20.1 Å². The van der Waals surface area contributed by atoms with Gasteiger partial charge in [-0.05, 0) is 30.3 Å². The number of para-hydroxylation sites is 1. The van der Waals surface area contributed by atoms with Gasteiger partial charge < -0.3 is 14.8 Å². The molecule has 0 saturated carbocycles. The maximum absolute atomic E-state index is 13.2. The molecular formula is C18H14ClFN2O3. The van der Waals surface area contributed by atoms with Crippen molar-refractivity contribution >= 4 is 29.3 Å². The van der Waals surface area contributed by atoms with Crippen LogP contribution in [0, 0.1) is 17.1 Å². The molecule has 25 heavy (non-hydrogen) atoms. The highest BCUT2D eigenvalue weighted by Crippen LogP contribution is 2.32. The van der Waals surface area contributed by atoms with E-state index in [0.29, 0.717) is 17.1 Å². The third-order valence-corrected chi connectivity index (χ3v) is 3.57. The third kappa shape index (κ3) is 4.28. The molecule has 0 aliphatic rings. The number of hydrogen-bond donors (Lipinski definition) is 1. The first kappa shape index (κ1) is 18.3. The topological polar surface area (TPSA) is 71.3 Å². The number of rotatable bonds is 5. The van der Waals surface area contributed by atoms with E-state index in [2.05, 4.69) is 5.32 Å². The van der Waals surface area contributed by atoms with Gasteiger partial charge >= 0.3 is 0 Å². The molecule has 2 rings (SSSR count). The summed E-state index contributed by atoms with van der Waals surface area (Å²) in [6, 6.07) is 10.6. The molecule has 0 bridgehead atoms. The van der Waals surface area contributed by atoms with E-state index in [1.807, 2.05) is 6.07 Å². The Kier molecular flexibility index (Phi) is 5.98. The highest BCUT2D eigenvalue weighted by molar-refractivity contribution is 6.31. The van der Waals surface area contributed by atoms with Gasteiger partial charge in [-0.25, -0.2) is 4.39 Å². The molecule has 0 radical (unpaired) electrons. The Morgan fingerprint density at radius 1 is 1.28 bits per heavy atom. The number of carbonyl (C=O) groups excluding carboxylic acids is 1. The van der Waals surface area contributed by atoms with Crippen LogP contribution in [0.5, 0.6) is 11.5 Å². The van der Waals surface area contributed by atoms with Gasteiger partial charge in [-0.1, -0.05) is 23.7 Å². The lowest BCUT2D eigenvalue weighted by atomic mass is 10.1. The SMILES string of the molecule is COc1cccc(/C=C(\C#N)C(=O)Nc2ccc(F)c(Cl)c2)c1OC. The fraction of sp³-hybridized carbons (Fsp3) is 0.111. The molecule has 0 spiro atoms. The lowest BCUT2D eigenvalue weighted by Gasteiger charge is -2.10. The number of carbonyl (C=O) groups is 1. The van der Waals surface area contributed by atoms with E-state index in [1.54, 1.807) is 18.2 Å². The predicted octanol–water partition coefficient (Wildman–Crippen LogP) is 4.04. The summed E-state index contributed by atoms with van der Waals surface area (Å²) in [6.45, 7) is 0. The summed E-state index contributed by atoms with van der Waals surface area (Å²) in [4.78, 5) is 12.3. The Balaban J connectivity index is 2.33. The van der Waals surface area contributed by atoms with Gasteiger partial charge in [0.1, 0.15) is 17.5 Å². The van der Waals surface area contributed by atoms with Crippen LogP contribution in [0.3, 0.4) is 0 Å². The molecule has 0 aliphatic heterocycles. The molecule has 0 unspecified atom stereocenters. The zero-order valence-electron chi connectivity index (χ0n) is 13.5. The molecule has 0 atom stereocenters. The molecule has 5 nitrogen and oxygen atoms in total. The molecule has 0 heterocycles. The van der Waals surface area contributed by atoms with E-state index < -0.39 is 11.7 Å². The zero-order chi connectivity index (χ0) is 18.4. The van der Waals surface area contributed by atoms with E-state index in [9.17, 15) is 14.4 Å². The average molecular weight is 361 g/mol. The minimum absolute atomic E-state index is 0.130. The second-order valence-electron chi connectivity index (χ2n) is 4.84. The van der Waals surface area contributed by atoms with E-state index in [0.717, 1.165) is 6.07 Å². The number of hydrogen-bond acceptors (Lipinski definition) is 4. The van der Waals surface area contributed by atoms with Crippen LogP contribution in [-0.2, 0) is 4.79 Å². The average Bonchev–Trinajstić information content (AvgIpc) is 2.62. The van der Waals surface area contributed by atoms with Crippen molar-refractivity contribution in [2.45, 2.75) is 0 Å².